The zero-order chi connectivity index (χ0) is 19.2. The van der Waals surface area contributed by atoms with Gasteiger partial charge in [-0.1, -0.05) is 54.1 Å². The van der Waals surface area contributed by atoms with Crippen LogP contribution in [0, 0.1) is 0 Å². The number of ether oxygens (including phenoxy) is 1. The van der Waals surface area contributed by atoms with Crippen LogP contribution in [-0.2, 0) is 9.53 Å². The highest BCUT2D eigenvalue weighted by Gasteiger charge is 2.31. The first-order chi connectivity index (χ1) is 13.1. The number of carbonyl (C=O) groups excluding carboxylic acids is 1. The average Bonchev–Trinajstić information content (AvgIpc) is 2.69. The van der Waals surface area contributed by atoms with Crippen molar-refractivity contribution < 1.29 is 9.53 Å². The molecule has 1 saturated heterocycles. The number of benzene rings is 2. The number of piperazine rings is 1. The molecule has 2 unspecified atom stereocenters. The van der Waals surface area contributed by atoms with Gasteiger partial charge in [-0.2, -0.15) is 0 Å². The Balaban J connectivity index is 1.79. The average molecular weight is 388 g/mol. The molecule has 1 aliphatic rings. The normalized spacial score (nSPS) is 18.1. The van der Waals surface area contributed by atoms with E-state index in [1.165, 1.54) is 11.1 Å². The van der Waals surface area contributed by atoms with Crippen LogP contribution in [0.3, 0.4) is 0 Å². The van der Waals surface area contributed by atoms with Crippen molar-refractivity contribution in [3.05, 3.63) is 70.7 Å². The van der Waals surface area contributed by atoms with Gasteiger partial charge in [-0.15, -0.1) is 0 Å². The number of carbonyl (C=O) groups is 1. The molecule has 0 bridgehead atoms. The summed E-state index contributed by atoms with van der Waals surface area (Å²) in [5.74, 6) is -0.428. The molecule has 2 atom stereocenters. The van der Waals surface area contributed by atoms with Crippen LogP contribution in [0.5, 0.6) is 0 Å². The molecule has 1 fully saturated rings. The van der Waals surface area contributed by atoms with E-state index in [1.54, 1.807) is 0 Å². The third-order valence-corrected chi connectivity index (χ3v) is 5.17. The Morgan fingerprint density at radius 3 is 2.11 bits per heavy atom. The molecule has 0 spiro atoms. The van der Waals surface area contributed by atoms with Crippen molar-refractivity contribution in [2.75, 3.05) is 32.8 Å². The summed E-state index contributed by atoms with van der Waals surface area (Å²) in [6.07, 6.45) is -0.650. The molecular weight excluding hydrogens is 362 g/mol. The van der Waals surface area contributed by atoms with E-state index in [1.807, 2.05) is 30.0 Å². The van der Waals surface area contributed by atoms with Gasteiger partial charge in [-0.25, -0.2) is 0 Å². The standard InChI is InChI=1S/C21H26ClN3O2/c1-2-27-21(20(23)26)25-14-12-24(13-15-25)19(16-6-4-3-5-7-16)17-8-10-18(22)11-9-17/h3-11,19,21H,2,12-15H2,1H3,(H2,23,26). The molecule has 6 heteroatoms. The Morgan fingerprint density at radius 1 is 1.00 bits per heavy atom. The van der Waals surface area contributed by atoms with E-state index in [9.17, 15) is 4.79 Å². The fourth-order valence-corrected chi connectivity index (χ4v) is 3.78. The van der Waals surface area contributed by atoms with Gasteiger partial charge in [-0.3, -0.25) is 14.6 Å². The van der Waals surface area contributed by atoms with Crippen LogP contribution in [0.4, 0.5) is 0 Å². The van der Waals surface area contributed by atoms with E-state index in [4.69, 9.17) is 22.1 Å². The molecule has 2 aromatic carbocycles. The SMILES string of the molecule is CCOC(C(N)=O)N1CCN(C(c2ccccc2)c2ccc(Cl)cc2)CC1. The third kappa shape index (κ3) is 4.87. The minimum absolute atomic E-state index is 0.143. The molecule has 27 heavy (non-hydrogen) atoms. The zero-order valence-electron chi connectivity index (χ0n) is 15.6. The number of nitrogens with zero attached hydrogens (tertiary/aromatic N) is 2. The summed E-state index contributed by atoms with van der Waals surface area (Å²) in [6.45, 7) is 5.43. The van der Waals surface area contributed by atoms with Gasteiger partial charge in [0.15, 0.2) is 6.23 Å². The predicted molar refractivity (Wildman–Crippen MR) is 107 cm³/mol. The van der Waals surface area contributed by atoms with Gasteiger partial charge in [0.1, 0.15) is 0 Å². The number of hydrogen-bond donors (Lipinski definition) is 1. The Kier molecular flexibility index (Phi) is 6.85. The van der Waals surface area contributed by atoms with Crippen molar-refractivity contribution in [1.82, 2.24) is 9.80 Å². The summed E-state index contributed by atoms with van der Waals surface area (Å²) in [7, 11) is 0. The quantitative estimate of drug-likeness (QED) is 0.793. The topological polar surface area (TPSA) is 58.8 Å². The molecule has 1 aliphatic heterocycles. The van der Waals surface area contributed by atoms with E-state index in [2.05, 4.69) is 41.3 Å². The highest BCUT2D eigenvalue weighted by atomic mass is 35.5. The minimum Gasteiger partial charge on any atom is -0.366 e. The molecule has 1 heterocycles. The first-order valence-electron chi connectivity index (χ1n) is 9.29. The molecule has 2 aromatic rings. The van der Waals surface area contributed by atoms with Crippen molar-refractivity contribution in [2.24, 2.45) is 5.73 Å². The summed E-state index contributed by atoms with van der Waals surface area (Å²) >= 11 is 6.08. The maximum atomic E-state index is 11.7. The molecule has 144 valence electrons. The lowest BCUT2D eigenvalue weighted by molar-refractivity contribution is -0.145. The molecular formula is C21H26ClN3O2. The molecule has 0 saturated carbocycles. The van der Waals surface area contributed by atoms with Gasteiger partial charge < -0.3 is 10.5 Å². The molecule has 3 rings (SSSR count). The van der Waals surface area contributed by atoms with Gasteiger partial charge in [0.25, 0.3) is 5.91 Å². The number of primary amides is 1. The summed E-state index contributed by atoms with van der Waals surface area (Å²) in [5.41, 5.74) is 7.96. The highest BCUT2D eigenvalue weighted by molar-refractivity contribution is 6.30. The first kappa shape index (κ1) is 19.8. The summed E-state index contributed by atoms with van der Waals surface area (Å²) in [5, 5.41) is 0.733. The van der Waals surface area contributed by atoms with Crippen molar-refractivity contribution in [3.8, 4) is 0 Å². The molecule has 0 aromatic heterocycles. The van der Waals surface area contributed by atoms with Crippen molar-refractivity contribution in [2.45, 2.75) is 19.2 Å². The lowest BCUT2D eigenvalue weighted by atomic mass is 9.96. The fourth-order valence-electron chi connectivity index (χ4n) is 3.65. The maximum absolute atomic E-state index is 11.7. The van der Waals surface area contributed by atoms with Gasteiger partial charge in [0.2, 0.25) is 0 Å². The summed E-state index contributed by atoms with van der Waals surface area (Å²) in [6, 6.07) is 18.6. The van der Waals surface area contributed by atoms with Crippen molar-refractivity contribution >= 4 is 17.5 Å². The molecule has 2 N–H and O–H groups in total. The largest absolute Gasteiger partial charge is 0.366 e. The van der Waals surface area contributed by atoms with E-state index < -0.39 is 12.1 Å². The Hall–Kier alpha value is -1.92. The maximum Gasteiger partial charge on any atom is 0.261 e. The second-order valence-electron chi connectivity index (χ2n) is 6.65. The Morgan fingerprint density at radius 2 is 1.56 bits per heavy atom. The second-order valence-corrected chi connectivity index (χ2v) is 7.08. The lowest BCUT2D eigenvalue weighted by Gasteiger charge is -2.41. The van der Waals surface area contributed by atoms with Gasteiger partial charge in [0.05, 0.1) is 6.04 Å². The minimum atomic E-state index is -0.650. The van der Waals surface area contributed by atoms with Gasteiger partial charge in [0, 0.05) is 37.8 Å². The first-order valence-corrected chi connectivity index (χ1v) is 9.67. The number of amides is 1. The van der Waals surface area contributed by atoms with Crippen molar-refractivity contribution in [1.29, 1.82) is 0 Å². The molecule has 5 nitrogen and oxygen atoms in total. The van der Waals surface area contributed by atoms with Gasteiger partial charge in [-0.05, 0) is 30.2 Å². The highest BCUT2D eigenvalue weighted by Crippen LogP contribution is 2.30. The summed E-state index contributed by atoms with van der Waals surface area (Å²) in [4.78, 5) is 16.2. The molecule has 0 aliphatic carbocycles. The van der Waals surface area contributed by atoms with E-state index in [0.717, 1.165) is 31.2 Å². The van der Waals surface area contributed by atoms with E-state index in [-0.39, 0.29) is 6.04 Å². The number of rotatable bonds is 7. The summed E-state index contributed by atoms with van der Waals surface area (Å²) < 4.78 is 5.54. The number of halogens is 1. The van der Waals surface area contributed by atoms with Crippen LogP contribution >= 0.6 is 11.6 Å². The molecule has 1 amide bonds. The smallest absolute Gasteiger partial charge is 0.261 e. The number of hydrogen-bond acceptors (Lipinski definition) is 4. The van der Waals surface area contributed by atoms with Crippen molar-refractivity contribution in [3.63, 3.8) is 0 Å². The predicted octanol–water partition coefficient (Wildman–Crippen LogP) is 2.89. The second kappa shape index (κ2) is 9.33. The van der Waals surface area contributed by atoms with Crippen LogP contribution in [0.25, 0.3) is 0 Å². The third-order valence-electron chi connectivity index (χ3n) is 4.91. The zero-order valence-corrected chi connectivity index (χ0v) is 16.3. The Bertz CT molecular complexity index is 731. The van der Waals surface area contributed by atoms with Gasteiger partial charge >= 0.3 is 0 Å². The number of nitrogens with two attached hydrogens (primary N) is 1. The van der Waals surface area contributed by atoms with Crippen LogP contribution in [0.15, 0.2) is 54.6 Å². The van der Waals surface area contributed by atoms with E-state index >= 15 is 0 Å². The fraction of sp³-hybridized carbons (Fsp3) is 0.381. The molecule has 0 radical (unpaired) electrons. The van der Waals surface area contributed by atoms with Crippen LogP contribution < -0.4 is 5.73 Å². The monoisotopic (exact) mass is 387 g/mol. The lowest BCUT2D eigenvalue weighted by Crippen LogP contribution is -2.55. The van der Waals surface area contributed by atoms with Crippen LogP contribution in [0.1, 0.15) is 24.1 Å². The van der Waals surface area contributed by atoms with Crippen LogP contribution in [0.2, 0.25) is 5.02 Å². The van der Waals surface area contributed by atoms with E-state index in [0.29, 0.717) is 6.61 Å². The van der Waals surface area contributed by atoms with Crippen LogP contribution in [-0.4, -0.2) is 54.7 Å². The Labute approximate surface area is 165 Å².